The van der Waals surface area contributed by atoms with E-state index >= 15 is 0 Å². The van der Waals surface area contributed by atoms with Gasteiger partial charge in [0.25, 0.3) is 0 Å². The molecule has 150 valence electrons. The van der Waals surface area contributed by atoms with Crippen molar-refractivity contribution in [1.82, 2.24) is 14.9 Å². The third-order valence-corrected chi connectivity index (χ3v) is 5.38. The van der Waals surface area contributed by atoms with Gasteiger partial charge in [0.15, 0.2) is 5.82 Å². The molecule has 0 aliphatic carbocycles. The number of rotatable bonds is 4. The van der Waals surface area contributed by atoms with Gasteiger partial charge in [-0.05, 0) is 29.7 Å². The minimum Gasteiger partial charge on any atom is -0.294 e. The molecule has 0 saturated carbocycles. The highest BCUT2D eigenvalue weighted by molar-refractivity contribution is 5.56. The minimum absolute atomic E-state index is 0.474. The van der Waals surface area contributed by atoms with Crippen LogP contribution in [0.2, 0.25) is 0 Å². The van der Waals surface area contributed by atoms with Crippen molar-refractivity contribution in [2.75, 3.05) is 6.54 Å². The summed E-state index contributed by atoms with van der Waals surface area (Å²) in [4.78, 5) is 11.4. The molecule has 2 heterocycles. The molecule has 1 aliphatic heterocycles. The summed E-state index contributed by atoms with van der Waals surface area (Å²) < 4.78 is 38.3. The number of fused-ring (bicyclic) bond motifs is 1. The first kappa shape index (κ1) is 19.6. The van der Waals surface area contributed by atoms with Crippen LogP contribution in [0.5, 0.6) is 0 Å². The SMILES string of the molecule is CCc1ccccc1CN1CCc2nc(-c3ccc(C(F)(F)F)cc3)ncc2C1. The molecular formula is C23H22F3N3. The summed E-state index contributed by atoms with van der Waals surface area (Å²) in [7, 11) is 0. The molecule has 3 aromatic rings. The summed E-state index contributed by atoms with van der Waals surface area (Å²) in [5.41, 5.74) is 4.71. The monoisotopic (exact) mass is 397 g/mol. The smallest absolute Gasteiger partial charge is 0.294 e. The van der Waals surface area contributed by atoms with Crippen molar-refractivity contribution >= 4 is 0 Å². The highest BCUT2D eigenvalue weighted by Gasteiger charge is 2.30. The zero-order chi connectivity index (χ0) is 20.4. The van der Waals surface area contributed by atoms with Crippen molar-refractivity contribution in [1.29, 1.82) is 0 Å². The Morgan fingerprint density at radius 2 is 1.72 bits per heavy atom. The number of nitrogens with zero attached hydrogens (tertiary/aromatic N) is 3. The van der Waals surface area contributed by atoms with Crippen LogP contribution in [-0.2, 0) is 32.1 Å². The van der Waals surface area contributed by atoms with Crippen molar-refractivity contribution in [2.45, 2.75) is 39.0 Å². The van der Waals surface area contributed by atoms with Crippen LogP contribution >= 0.6 is 0 Å². The van der Waals surface area contributed by atoms with Crippen molar-refractivity contribution in [3.63, 3.8) is 0 Å². The first-order valence-electron chi connectivity index (χ1n) is 9.75. The van der Waals surface area contributed by atoms with E-state index in [2.05, 4.69) is 46.1 Å². The first-order chi connectivity index (χ1) is 13.9. The van der Waals surface area contributed by atoms with Gasteiger partial charge in [0, 0.05) is 43.4 Å². The summed E-state index contributed by atoms with van der Waals surface area (Å²) in [6.45, 7) is 4.74. The van der Waals surface area contributed by atoms with Gasteiger partial charge >= 0.3 is 6.18 Å². The van der Waals surface area contributed by atoms with Crippen LogP contribution in [0.25, 0.3) is 11.4 Å². The number of hydrogen-bond donors (Lipinski definition) is 0. The van der Waals surface area contributed by atoms with Gasteiger partial charge in [-0.15, -0.1) is 0 Å². The van der Waals surface area contributed by atoms with E-state index in [9.17, 15) is 13.2 Å². The van der Waals surface area contributed by atoms with Crippen molar-refractivity contribution in [3.05, 3.63) is 82.7 Å². The Morgan fingerprint density at radius 1 is 1.00 bits per heavy atom. The Kier molecular flexibility index (Phi) is 5.37. The van der Waals surface area contributed by atoms with Gasteiger partial charge in [-0.2, -0.15) is 13.2 Å². The van der Waals surface area contributed by atoms with Gasteiger partial charge in [-0.1, -0.05) is 43.3 Å². The van der Waals surface area contributed by atoms with E-state index in [1.807, 2.05) is 6.20 Å². The van der Waals surface area contributed by atoms with Gasteiger partial charge in [0.1, 0.15) is 0 Å². The molecule has 2 aromatic carbocycles. The second kappa shape index (κ2) is 7.95. The van der Waals surface area contributed by atoms with Gasteiger partial charge in [0.2, 0.25) is 0 Å². The van der Waals surface area contributed by atoms with Crippen molar-refractivity contribution in [3.8, 4) is 11.4 Å². The zero-order valence-electron chi connectivity index (χ0n) is 16.2. The molecule has 0 saturated heterocycles. The number of hydrogen-bond acceptors (Lipinski definition) is 3. The molecule has 29 heavy (non-hydrogen) atoms. The van der Waals surface area contributed by atoms with Gasteiger partial charge in [-0.25, -0.2) is 9.97 Å². The van der Waals surface area contributed by atoms with E-state index < -0.39 is 11.7 Å². The van der Waals surface area contributed by atoms with Crippen molar-refractivity contribution < 1.29 is 13.2 Å². The van der Waals surface area contributed by atoms with Crippen LogP contribution in [0, 0.1) is 0 Å². The molecule has 0 spiro atoms. The Morgan fingerprint density at radius 3 is 2.41 bits per heavy atom. The van der Waals surface area contributed by atoms with E-state index in [4.69, 9.17) is 0 Å². The fraction of sp³-hybridized carbons (Fsp3) is 0.304. The predicted molar refractivity (Wildman–Crippen MR) is 106 cm³/mol. The van der Waals surface area contributed by atoms with Gasteiger partial charge in [-0.3, -0.25) is 4.90 Å². The Bertz CT molecular complexity index is 997. The largest absolute Gasteiger partial charge is 0.416 e. The molecular weight excluding hydrogens is 375 g/mol. The lowest BCUT2D eigenvalue weighted by Crippen LogP contribution is -2.31. The maximum Gasteiger partial charge on any atom is 0.416 e. The quantitative estimate of drug-likeness (QED) is 0.600. The fourth-order valence-corrected chi connectivity index (χ4v) is 3.75. The second-order valence-corrected chi connectivity index (χ2v) is 7.32. The Hall–Kier alpha value is -2.73. The topological polar surface area (TPSA) is 29.0 Å². The van der Waals surface area contributed by atoms with Crippen LogP contribution in [0.15, 0.2) is 54.7 Å². The van der Waals surface area contributed by atoms with E-state index in [0.29, 0.717) is 11.4 Å². The molecule has 1 aliphatic rings. The average Bonchev–Trinajstić information content (AvgIpc) is 2.73. The summed E-state index contributed by atoms with van der Waals surface area (Å²) in [5, 5.41) is 0. The third kappa shape index (κ3) is 4.32. The van der Waals surface area contributed by atoms with Crippen LogP contribution in [0.4, 0.5) is 13.2 Å². The van der Waals surface area contributed by atoms with Gasteiger partial charge < -0.3 is 0 Å². The lowest BCUT2D eigenvalue weighted by Gasteiger charge is -2.28. The maximum atomic E-state index is 12.8. The molecule has 0 atom stereocenters. The molecule has 0 amide bonds. The zero-order valence-corrected chi connectivity index (χ0v) is 16.2. The number of aryl methyl sites for hydroxylation is 1. The van der Waals surface area contributed by atoms with E-state index in [1.165, 1.54) is 23.3 Å². The third-order valence-electron chi connectivity index (χ3n) is 5.38. The lowest BCUT2D eigenvalue weighted by atomic mass is 10.0. The second-order valence-electron chi connectivity index (χ2n) is 7.32. The minimum atomic E-state index is -4.34. The molecule has 0 bridgehead atoms. The highest BCUT2D eigenvalue weighted by Crippen LogP contribution is 2.30. The van der Waals surface area contributed by atoms with E-state index in [0.717, 1.165) is 55.9 Å². The van der Waals surface area contributed by atoms with Crippen LogP contribution < -0.4 is 0 Å². The first-order valence-corrected chi connectivity index (χ1v) is 9.75. The average molecular weight is 397 g/mol. The molecule has 1 aromatic heterocycles. The highest BCUT2D eigenvalue weighted by atomic mass is 19.4. The van der Waals surface area contributed by atoms with E-state index in [1.54, 1.807) is 0 Å². The summed E-state index contributed by atoms with van der Waals surface area (Å²) in [6, 6.07) is 13.5. The lowest BCUT2D eigenvalue weighted by molar-refractivity contribution is -0.137. The van der Waals surface area contributed by atoms with E-state index in [-0.39, 0.29) is 0 Å². The molecule has 3 nitrogen and oxygen atoms in total. The van der Waals surface area contributed by atoms with Crippen LogP contribution in [0.1, 0.15) is 34.9 Å². The fourth-order valence-electron chi connectivity index (χ4n) is 3.75. The summed E-state index contributed by atoms with van der Waals surface area (Å²) in [5.74, 6) is 0.474. The molecule has 0 radical (unpaired) electrons. The number of aromatic nitrogens is 2. The number of halogens is 3. The van der Waals surface area contributed by atoms with Crippen LogP contribution in [-0.4, -0.2) is 21.4 Å². The number of benzene rings is 2. The molecule has 0 unspecified atom stereocenters. The van der Waals surface area contributed by atoms with Crippen molar-refractivity contribution in [2.24, 2.45) is 0 Å². The molecule has 0 fully saturated rings. The summed E-state index contributed by atoms with van der Waals surface area (Å²) >= 11 is 0. The number of alkyl halides is 3. The van der Waals surface area contributed by atoms with Gasteiger partial charge in [0.05, 0.1) is 11.3 Å². The molecule has 0 N–H and O–H groups in total. The maximum absolute atomic E-state index is 12.8. The predicted octanol–water partition coefficient (Wildman–Crippen LogP) is 5.28. The molecule has 4 rings (SSSR count). The Balaban J connectivity index is 1.50. The standard InChI is InChI=1S/C23H22F3N3/c1-2-16-5-3-4-6-18(16)14-29-12-11-21-19(15-29)13-27-22(28-21)17-7-9-20(10-8-17)23(24,25)26/h3-10,13H,2,11-12,14-15H2,1H3. The normalized spacial score (nSPS) is 14.6. The summed E-state index contributed by atoms with van der Waals surface area (Å²) in [6.07, 6.45) is -0.706. The Labute approximate surface area is 168 Å². The molecule has 6 heteroatoms. The van der Waals surface area contributed by atoms with Crippen LogP contribution in [0.3, 0.4) is 0 Å².